The highest BCUT2D eigenvalue weighted by Crippen LogP contribution is 2.28. The van der Waals surface area contributed by atoms with E-state index in [0.717, 1.165) is 31.7 Å². The Kier molecular flexibility index (Phi) is 5.44. The van der Waals surface area contributed by atoms with Gasteiger partial charge in [0.2, 0.25) is 11.6 Å². The predicted octanol–water partition coefficient (Wildman–Crippen LogP) is 1.54. The van der Waals surface area contributed by atoms with Gasteiger partial charge in [-0.15, -0.1) is 10.2 Å². The predicted molar refractivity (Wildman–Crippen MR) is 106 cm³/mol. The van der Waals surface area contributed by atoms with Gasteiger partial charge in [-0.25, -0.2) is 14.3 Å². The Morgan fingerprint density at radius 2 is 1.97 bits per heavy atom. The highest BCUT2D eigenvalue weighted by atomic mass is 19.1. The van der Waals surface area contributed by atoms with Gasteiger partial charge in [-0.2, -0.15) is 9.94 Å². The maximum Gasteiger partial charge on any atom is 0.349 e. The Morgan fingerprint density at radius 3 is 2.68 bits per heavy atom. The van der Waals surface area contributed by atoms with Crippen LogP contribution in [-0.4, -0.2) is 25.0 Å². The minimum absolute atomic E-state index is 0.0149. The first-order valence-corrected chi connectivity index (χ1v) is 9.64. The van der Waals surface area contributed by atoms with Crippen molar-refractivity contribution in [1.29, 1.82) is 5.26 Å². The number of rotatable bonds is 5. The summed E-state index contributed by atoms with van der Waals surface area (Å²) in [7, 11) is 0. The molecular weight excluding hydrogens is 407 g/mol. The second kappa shape index (κ2) is 8.35. The zero-order valence-electron chi connectivity index (χ0n) is 16.2. The molecule has 31 heavy (non-hydrogen) atoms. The summed E-state index contributed by atoms with van der Waals surface area (Å²) in [5, 5.41) is 18.7. The summed E-state index contributed by atoms with van der Waals surface area (Å²) >= 11 is 0. The van der Waals surface area contributed by atoms with Crippen LogP contribution in [0, 0.1) is 23.1 Å². The standard InChI is InChI=1S/C20H17FN6O4/c21-14-9-13(27-20(30)23-19(29)15(10-22)26-27)5-6-16(14)31-17-8-12(18(28)25-24-17)7-11-3-1-2-4-11/h5-6,8-9,11H,1-4,7H2,(H,25,28)(H,23,29,30). The topological polar surface area (TPSA) is 147 Å². The van der Waals surface area contributed by atoms with Crippen LogP contribution >= 0.6 is 0 Å². The van der Waals surface area contributed by atoms with E-state index < -0.39 is 22.8 Å². The first kappa shape index (κ1) is 20.2. The van der Waals surface area contributed by atoms with Crippen LogP contribution in [-0.2, 0) is 6.42 Å². The van der Waals surface area contributed by atoms with Crippen molar-refractivity contribution >= 4 is 0 Å². The van der Waals surface area contributed by atoms with Crippen LogP contribution in [0.1, 0.15) is 36.9 Å². The van der Waals surface area contributed by atoms with Gasteiger partial charge in [0.15, 0.2) is 11.6 Å². The largest absolute Gasteiger partial charge is 0.435 e. The number of hydrogen-bond donors (Lipinski definition) is 2. The number of H-pyrrole nitrogens is 2. The maximum atomic E-state index is 14.6. The average molecular weight is 424 g/mol. The summed E-state index contributed by atoms with van der Waals surface area (Å²) in [6.07, 6.45) is 5.05. The van der Waals surface area contributed by atoms with Gasteiger partial charge in [0.25, 0.3) is 11.1 Å². The van der Waals surface area contributed by atoms with Crippen molar-refractivity contribution < 1.29 is 9.13 Å². The molecule has 1 aliphatic rings. The lowest BCUT2D eigenvalue weighted by atomic mass is 9.99. The lowest BCUT2D eigenvalue weighted by Crippen LogP contribution is -2.33. The molecule has 4 rings (SSSR count). The molecule has 0 atom stereocenters. The van der Waals surface area contributed by atoms with E-state index in [1.165, 1.54) is 18.2 Å². The molecule has 0 saturated heterocycles. The van der Waals surface area contributed by atoms with E-state index in [1.807, 2.05) is 4.98 Å². The molecule has 10 nitrogen and oxygen atoms in total. The molecule has 0 aliphatic heterocycles. The number of halogens is 1. The number of nitrogens with one attached hydrogen (secondary N) is 2. The molecule has 1 saturated carbocycles. The van der Waals surface area contributed by atoms with Crippen molar-refractivity contribution in [3.63, 3.8) is 0 Å². The molecule has 1 aromatic carbocycles. The Labute approximate surface area is 173 Å². The zero-order chi connectivity index (χ0) is 22.0. The third kappa shape index (κ3) is 4.28. The van der Waals surface area contributed by atoms with E-state index in [2.05, 4.69) is 15.3 Å². The first-order chi connectivity index (χ1) is 14.9. The fourth-order valence-electron chi connectivity index (χ4n) is 3.62. The monoisotopic (exact) mass is 424 g/mol. The van der Waals surface area contributed by atoms with Crippen molar-refractivity contribution in [1.82, 2.24) is 25.0 Å². The highest BCUT2D eigenvalue weighted by molar-refractivity contribution is 5.39. The third-order valence-electron chi connectivity index (χ3n) is 5.15. The Bertz CT molecular complexity index is 1350. The molecule has 11 heteroatoms. The molecular formula is C20H17FN6O4. The fourth-order valence-corrected chi connectivity index (χ4v) is 3.62. The SMILES string of the molecule is N#Cc1nn(-c2ccc(Oc3cc(CC4CCCC4)c(=O)[nH]n3)c(F)c2)c(=O)[nH]c1=O. The van der Waals surface area contributed by atoms with E-state index in [0.29, 0.717) is 22.6 Å². The van der Waals surface area contributed by atoms with Gasteiger partial charge in [-0.05, 0) is 24.5 Å². The summed E-state index contributed by atoms with van der Waals surface area (Å²) in [4.78, 5) is 37.4. The Morgan fingerprint density at radius 1 is 1.19 bits per heavy atom. The molecule has 1 fully saturated rings. The number of benzene rings is 1. The Balaban J connectivity index is 1.60. The second-order valence-electron chi connectivity index (χ2n) is 7.26. The van der Waals surface area contributed by atoms with Gasteiger partial charge in [-0.3, -0.25) is 14.6 Å². The minimum atomic E-state index is -0.929. The van der Waals surface area contributed by atoms with Crippen molar-refractivity contribution in [2.24, 2.45) is 5.92 Å². The molecule has 0 spiro atoms. The molecule has 2 heterocycles. The smallest absolute Gasteiger partial charge is 0.349 e. The van der Waals surface area contributed by atoms with Crippen molar-refractivity contribution in [2.45, 2.75) is 32.1 Å². The van der Waals surface area contributed by atoms with Gasteiger partial charge >= 0.3 is 5.69 Å². The van der Waals surface area contributed by atoms with Gasteiger partial charge in [-0.1, -0.05) is 25.7 Å². The molecule has 158 valence electrons. The lowest BCUT2D eigenvalue weighted by molar-refractivity contribution is 0.418. The number of nitriles is 1. The van der Waals surface area contributed by atoms with Crippen LogP contribution in [0.5, 0.6) is 11.6 Å². The summed E-state index contributed by atoms with van der Waals surface area (Å²) in [6.45, 7) is 0. The number of nitrogens with zero attached hydrogens (tertiary/aromatic N) is 4. The van der Waals surface area contributed by atoms with E-state index in [1.54, 1.807) is 6.07 Å². The lowest BCUT2D eigenvalue weighted by Gasteiger charge is -2.11. The minimum Gasteiger partial charge on any atom is -0.435 e. The third-order valence-corrected chi connectivity index (χ3v) is 5.15. The van der Waals surface area contributed by atoms with Crippen LogP contribution < -0.4 is 21.5 Å². The van der Waals surface area contributed by atoms with Gasteiger partial charge in [0.05, 0.1) is 5.69 Å². The number of aromatic amines is 2. The van der Waals surface area contributed by atoms with E-state index in [9.17, 15) is 18.8 Å². The fraction of sp³-hybridized carbons (Fsp3) is 0.300. The molecule has 0 amide bonds. The zero-order valence-corrected chi connectivity index (χ0v) is 16.2. The Hall–Kier alpha value is -4.07. The average Bonchev–Trinajstić information content (AvgIpc) is 3.25. The van der Waals surface area contributed by atoms with Crippen LogP contribution in [0.3, 0.4) is 0 Å². The number of ether oxygens (including phenoxy) is 1. The quantitative estimate of drug-likeness (QED) is 0.631. The molecule has 3 aromatic rings. The normalized spacial score (nSPS) is 13.8. The summed E-state index contributed by atoms with van der Waals surface area (Å²) < 4.78 is 20.8. The maximum absolute atomic E-state index is 14.6. The molecule has 0 radical (unpaired) electrons. The van der Waals surface area contributed by atoms with E-state index >= 15 is 0 Å². The van der Waals surface area contributed by atoms with Crippen LogP contribution in [0.25, 0.3) is 5.69 Å². The van der Waals surface area contributed by atoms with E-state index in [4.69, 9.17) is 10.00 Å². The van der Waals surface area contributed by atoms with Crippen molar-refractivity contribution in [3.8, 4) is 23.4 Å². The van der Waals surface area contributed by atoms with Gasteiger partial charge < -0.3 is 4.74 Å². The molecule has 2 N–H and O–H groups in total. The molecule has 1 aliphatic carbocycles. The number of hydrogen-bond acceptors (Lipinski definition) is 7. The van der Waals surface area contributed by atoms with Crippen molar-refractivity contribution in [3.05, 3.63) is 72.5 Å². The summed E-state index contributed by atoms with van der Waals surface area (Å²) in [6, 6.07) is 6.60. The second-order valence-corrected chi connectivity index (χ2v) is 7.26. The van der Waals surface area contributed by atoms with Crippen molar-refractivity contribution in [2.75, 3.05) is 0 Å². The number of aromatic nitrogens is 5. The summed E-state index contributed by atoms with van der Waals surface area (Å²) in [5.41, 5.74) is -2.17. The van der Waals surface area contributed by atoms with Crippen LogP contribution in [0.4, 0.5) is 4.39 Å². The van der Waals surface area contributed by atoms with Crippen LogP contribution in [0.15, 0.2) is 38.6 Å². The molecule has 2 aromatic heterocycles. The summed E-state index contributed by atoms with van der Waals surface area (Å²) in [5.74, 6) is -0.548. The van der Waals surface area contributed by atoms with Crippen LogP contribution in [0.2, 0.25) is 0 Å². The molecule has 0 bridgehead atoms. The first-order valence-electron chi connectivity index (χ1n) is 9.64. The van der Waals surface area contributed by atoms with E-state index in [-0.39, 0.29) is 22.9 Å². The van der Waals surface area contributed by atoms with Gasteiger partial charge in [0, 0.05) is 17.7 Å². The highest BCUT2D eigenvalue weighted by Gasteiger charge is 2.18. The molecule has 0 unspecified atom stereocenters. The van der Waals surface area contributed by atoms with Gasteiger partial charge in [0.1, 0.15) is 6.07 Å².